The van der Waals surface area contributed by atoms with Crippen molar-refractivity contribution < 1.29 is 19.1 Å². The number of nitrogens with one attached hydrogen (secondary N) is 2. The molecule has 0 bridgehead atoms. The molecule has 0 spiro atoms. The van der Waals surface area contributed by atoms with Crippen molar-refractivity contribution in [3.63, 3.8) is 0 Å². The van der Waals surface area contributed by atoms with Crippen molar-refractivity contribution in [3.8, 4) is 0 Å². The number of aryl methyl sites for hydroxylation is 1. The molecule has 1 unspecified atom stereocenters. The Bertz CT molecular complexity index is 756. The van der Waals surface area contributed by atoms with Gasteiger partial charge in [0.25, 0.3) is 5.91 Å². The van der Waals surface area contributed by atoms with Gasteiger partial charge in [0.2, 0.25) is 5.91 Å². The molecule has 1 fully saturated rings. The summed E-state index contributed by atoms with van der Waals surface area (Å²) >= 11 is 8.72. The molecule has 1 saturated heterocycles. The van der Waals surface area contributed by atoms with Crippen molar-refractivity contribution in [1.82, 2.24) is 15.5 Å². The number of thiocarbonyl (C=S) groups is 1. The second kappa shape index (κ2) is 9.80. The van der Waals surface area contributed by atoms with Gasteiger partial charge in [0, 0.05) is 23.1 Å². The molecule has 146 valence electrons. The lowest BCUT2D eigenvalue weighted by atomic mass is 10.1. The average Bonchev–Trinajstić information content (AvgIpc) is 2.63. The van der Waals surface area contributed by atoms with Gasteiger partial charge in [-0.05, 0) is 43.3 Å². The van der Waals surface area contributed by atoms with Crippen LogP contribution in [0.1, 0.15) is 35.7 Å². The lowest BCUT2D eigenvalue weighted by molar-refractivity contribution is -0.147. The number of rotatable bonds is 5. The van der Waals surface area contributed by atoms with Crippen LogP contribution in [0.15, 0.2) is 22.7 Å². The van der Waals surface area contributed by atoms with E-state index < -0.39 is 12.0 Å². The normalized spacial score (nSPS) is 16.5. The molecule has 0 aromatic heterocycles. The third-order valence-corrected chi connectivity index (χ3v) is 5.26. The minimum Gasteiger partial charge on any atom is -0.466 e. The maximum Gasteiger partial charge on any atom is 0.308 e. The topological polar surface area (TPSA) is 87.7 Å². The largest absolute Gasteiger partial charge is 0.466 e. The number of hydrogen-bond acceptors (Lipinski definition) is 5. The molecule has 1 atom stereocenters. The Morgan fingerprint density at radius 1 is 1.44 bits per heavy atom. The summed E-state index contributed by atoms with van der Waals surface area (Å²) in [5.74, 6) is -1.16. The molecular formula is C18H22BrN3O4S. The molecular weight excluding hydrogens is 434 g/mol. The Kier molecular flexibility index (Phi) is 7.73. The van der Waals surface area contributed by atoms with Crippen LogP contribution in [0.2, 0.25) is 0 Å². The fraction of sp³-hybridized carbons (Fsp3) is 0.444. The molecule has 9 heteroatoms. The van der Waals surface area contributed by atoms with Gasteiger partial charge in [-0.2, -0.15) is 0 Å². The van der Waals surface area contributed by atoms with Crippen LogP contribution >= 0.6 is 28.1 Å². The molecule has 1 aliphatic heterocycles. The summed E-state index contributed by atoms with van der Waals surface area (Å²) in [4.78, 5) is 38.2. The highest BCUT2D eigenvalue weighted by Gasteiger charge is 2.34. The van der Waals surface area contributed by atoms with Gasteiger partial charge >= 0.3 is 5.97 Å². The number of benzene rings is 1. The van der Waals surface area contributed by atoms with Gasteiger partial charge in [0.15, 0.2) is 5.11 Å². The Morgan fingerprint density at radius 2 is 2.19 bits per heavy atom. The quantitative estimate of drug-likeness (QED) is 0.520. The van der Waals surface area contributed by atoms with Crippen molar-refractivity contribution in [2.24, 2.45) is 0 Å². The van der Waals surface area contributed by atoms with Gasteiger partial charge < -0.3 is 15.0 Å². The summed E-state index contributed by atoms with van der Waals surface area (Å²) in [5.41, 5.74) is 1.45. The zero-order valence-corrected chi connectivity index (χ0v) is 17.6. The van der Waals surface area contributed by atoms with Crippen molar-refractivity contribution in [1.29, 1.82) is 0 Å². The zero-order valence-electron chi connectivity index (χ0n) is 15.2. The third-order valence-electron chi connectivity index (χ3n) is 4.07. The lowest BCUT2D eigenvalue weighted by Gasteiger charge is -2.36. The van der Waals surface area contributed by atoms with E-state index in [1.807, 2.05) is 19.9 Å². The van der Waals surface area contributed by atoms with E-state index in [4.69, 9.17) is 17.0 Å². The fourth-order valence-electron chi connectivity index (χ4n) is 2.57. The zero-order chi connectivity index (χ0) is 20.0. The highest BCUT2D eigenvalue weighted by molar-refractivity contribution is 9.10. The Hall–Kier alpha value is -2.00. The molecule has 1 heterocycles. The highest BCUT2D eigenvalue weighted by Crippen LogP contribution is 2.18. The van der Waals surface area contributed by atoms with E-state index in [-0.39, 0.29) is 23.3 Å². The standard InChI is InChI=1S/C18H22BrN3O4S/c1-3-8-26-15(23)10-14-17(25)20-6-7-22(14)18(27)21-16(24)12-5-4-11(2)13(19)9-12/h4-5,9,14H,3,6-8,10H2,1-2H3,(H,20,25)(H,21,24,27). The maximum atomic E-state index is 12.5. The fourth-order valence-corrected chi connectivity index (χ4v) is 3.26. The number of esters is 1. The number of hydrogen-bond donors (Lipinski definition) is 2. The van der Waals surface area contributed by atoms with Gasteiger partial charge in [0.05, 0.1) is 13.0 Å². The third kappa shape index (κ3) is 5.74. The van der Waals surface area contributed by atoms with Crippen LogP contribution in [0.4, 0.5) is 0 Å². The first kappa shape index (κ1) is 21.3. The second-order valence-corrected chi connectivity index (χ2v) is 7.39. The molecule has 7 nitrogen and oxygen atoms in total. The average molecular weight is 456 g/mol. The maximum absolute atomic E-state index is 12.5. The minimum atomic E-state index is -0.805. The molecule has 0 saturated carbocycles. The summed E-state index contributed by atoms with van der Waals surface area (Å²) in [6.45, 7) is 4.89. The van der Waals surface area contributed by atoms with Gasteiger partial charge in [-0.15, -0.1) is 0 Å². The Labute approximate surface area is 171 Å². The predicted molar refractivity (Wildman–Crippen MR) is 108 cm³/mol. The van der Waals surface area contributed by atoms with Crippen LogP contribution in [0.5, 0.6) is 0 Å². The van der Waals surface area contributed by atoms with Gasteiger partial charge in [-0.1, -0.05) is 28.9 Å². The number of carbonyl (C=O) groups is 3. The van der Waals surface area contributed by atoms with Crippen molar-refractivity contribution in [2.75, 3.05) is 19.7 Å². The van der Waals surface area contributed by atoms with E-state index >= 15 is 0 Å². The smallest absolute Gasteiger partial charge is 0.308 e. The van der Waals surface area contributed by atoms with Crippen molar-refractivity contribution >= 4 is 51.0 Å². The molecule has 2 rings (SSSR count). The monoisotopic (exact) mass is 455 g/mol. The summed E-state index contributed by atoms with van der Waals surface area (Å²) in [7, 11) is 0. The first-order chi connectivity index (χ1) is 12.8. The summed E-state index contributed by atoms with van der Waals surface area (Å²) in [6.07, 6.45) is 0.574. The molecule has 2 N–H and O–H groups in total. The molecule has 1 aromatic carbocycles. The second-order valence-electron chi connectivity index (χ2n) is 6.15. The van der Waals surface area contributed by atoms with E-state index in [2.05, 4.69) is 26.6 Å². The van der Waals surface area contributed by atoms with Crippen LogP contribution in [0.25, 0.3) is 0 Å². The van der Waals surface area contributed by atoms with Crippen molar-refractivity contribution in [3.05, 3.63) is 33.8 Å². The first-order valence-electron chi connectivity index (χ1n) is 8.65. The SMILES string of the molecule is CCCOC(=O)CC1C(=O)NCCN1C(=S)NC(=O)c1ccc(C)c(Br)c1. The van der Waals surface area contributed by atoms with Crippen LogP contribution in [0.3, 0.4) is 0 Å². The number of ether oxygens (including phenoxy) is 1. The summed E-state index contributed by atoms with van der Waals surface area (Å²) < 4.78 is 5.88. The van der Waals surface area contributed by atoms with Gasteiger partial charge in [-0.25, -0.2) is 0 Å². The summed E-state index contributed by atoms with van der Waals surface area (Å²) in [5, 5.41) is 5.47. The summed E-state index contributed by atoms with van der Waals surface area (Å²) in [6, 6.07) is 4.42. The number of amides is 2. The van der Waals surface area contributed by atoms with Gasteiger partial charge in [0.1, 0.15) is 6.04 Å². The molecule has 0 radical (unpaired) electrons. The van der Waals surface area contributed by atoms with E-state index in [1.165, 1.54) is 0 Å². The van der Waals surface area contributed by atoms with Crippen molar-refractivity contribution in [2.45, 2.75) is 32.7 Å². The molecule has 1 aromatic rings. The van der Waals surface area contributed by atoms with Crippen LogP contribution in [-0.2, 0) is 14.3 Å². The molecule has 2 amide bonds. The van der Waals surface area contributed by atoms with Crippen LogP contribution < -0.4 is 10.6 Å². The molecule has 1 aliphatic rings. The number of nitrogens with zero attached hydrogens (tertiary/aromatic N) is 1. The van der Waals surface area contributed by atoms with E-state index in [0.717, 1.165) is 10.0 Å². The predicted octanol–water partition coefficient (Wildman–Crippen LogP) is 1.92. The Balaban J connectivity index is 2.06. The van der Waals surface area contributed by atoms with E-state index in [9.17, 15) is 14.4 Å². The highest BCUT2D eigenvalue weighted by atomic mass is 79.9. The van der Waals surface area contributed by atoms with Crippen LogP contribution in [0, 0.1) is 6.92 Å². The molecule has 27 heavy (non-hydrogen) atoms. The van der Waals surface area contributed by atoms with Gasteiger partial charge in [-0.3, -0.25) is 19.7 Å². The number of piperazine rings is 1. The Morgan fingerprint density at radius 3 is 2.85 bits per heavy atom. The van der Waals surface area contributed by atoms with E-state index in [1.54, 1.807) is 17.0 Å². The van der Waals surface area contributed by atoms with E-state index in [0.29, 0.717) is 31.7 Å². The molecule has 0 aliphatic carbocycles. The van der Waals surface area contributed by atoms with Crippen LogP contribution in [-0.4, -0.2) is 53.5 Å². The number of halogens is 1. The lowest BCUT2D eigenvalue weighted by Crippen LogP contribution is -2.60. The first-order valence-corrected chi connectivity index (χ1v) is 9.85. The number of carbonyl (C=O) groups excluding carboxylic acids is 3. The minimum absolute atomic E-state index is 0.111.